The van der Waals surface area contributed by atoms with Crippen LogP contribution >= 0.6 is 0 Å². The summed E-state index contributed by atoms with van der Waals surface area (Å²) in [7, 11) is 0. The van der Waals surface area contributed by atoms with Crippen molar-refractivity contribution in [2.45, 2.75) is 52.7 Å². The van der Waals surface area contributed by atoms with E-state index in [1.807, 2.05) is 26.8 Å². The highest BCUT2D eigenvalue weighted by molar-refractivity contribution is 5.70. The van der Waals surface area contributed by atoms with Gasteiger partial charge in [0.25, 0.3) is 0 Å². The van der Waals surface area contributed by atoms with Gasteiger partial charge in [0.15, 0.2) is 5.82 Å². The molecule has 1 amide bonds. The topological polar surface area (TPSA) is 142 Å². The fourth-order valence-corrected chi connectivity index (χ4v) is 4.05. The van der Waals surface area contributed by atoms with Gasteiger partial charge in [0, 0.05) is 18.8 Å². The highest BCUT2D eigenvalue weighted by Crippen LogP contribution is 2.29. The Balaban J connectivity index is 1.59. The molecule has 0 bridgehead atoms. The molecule has 3 heterocycles. The zero-order valence-electron chi connectivity index (χ0n) is 20.9. The Labute approximate surface area is 210 Å². The van der Waals surface area contributed by atoms with Crippen LogP contribution in [-0.4, -0.2) is 38.1 Å². The van der Waals surface area contributed by atoms with Crippen molar-refractivity contribution in [2.75, 3.05) is 22.9 Å². The second-order valence-corrected chi connectivity index (χ2v) is 9.54. The summed E-state index contributed by atoms with van der Waals surface area (Å²) < 4.78 is 5.57. The van der Waals surface area contributed by atoms with Crippen LogP contribution in [0.5, 0.6) is 0 Å². The first-order chi connectivity index (χ1) is 17.1. The van der Waals surface area contributed by atoms with Crippen molar-refractivity contribution < 1.29 is 9.53 Å². The lowest BCUT2D eigenvalue weighted by atomic mass is 9.92. The SMILES string of the molecule is CCc1cc(Nc2ncc(C#N)c(Nc3cccc(N)n3)n2)cc2c1CCN(C(=O)OC(C)(C)C)C2. The van der Waals surface area contributed by atoms with Gasteiger partial charge in [0.1, 0.15) is 28.9 Å². The number of aromatic nitrogens is 3. The van der Waals surface area contributed by atoms with E-state index in [-0.39, 0.29) is 11.7 Å². The summed E-state index contributed by atoms with van der Waals surface area (Å²) in [5.74, 6) is 1.47. The van der Waals surface area contributed by atoms with Crippen LogP contribution in [0.2, 0.25) is 0 Å². The number of hydrogen-bond acceptors (Lipinski definition) is 9. The van der Waals surface area contributed by atoms with Crippen LogP contribution in [0.15, 0.2) is 36.5 Å². The van der Waals surface area contributed by atoms with E-state index in [1.165, 1.54) is 17.3 Å². The number of amides is 1. The molecule has 0 saturated heterocycles. The highest BCUT2D eigenvalue weighted by Gasteiger charge is 2.27. The van der Waals surface area contributed by atoms with E-state index in [9.17, 15) is 10.1 Å². The van der Waals surface area contributed by atoms with E-state index in [0.29, 0.717) is 36.5 Å². The van der Waals surface area contributed by atoms with Gasteiger partial charge >= 0.3 is 6.09 Å². The fourth-order valence-electron chi connectivity index (χ4n) is 4.05. The lowest BCUT2D eigenvalue weighted by molar-refractivity contribution is 0.0223. The summed E-state index contributed by atoms with van der Waals surface area (Å²) in [4.78, 5) is 27.4. The number of anilines is 5. The quantitative estimate of drug-likeness (QED) is 0.469. The molecule has 1 aliphatic rings. The molecule has 10 heteroatoms. The van der Waals surface area contributed by atoms with E-state index in [1.54, 1.807) is 23.1 Å². The molecule has 0 atom stereocenters. The number of carbonyl (C=O) groups excluding carboxylic acids is 1. The molecule has 4 N–H and O–H groups in total. The van der Waals surface area contributed by atoms with Crippen molar-refractivity contribution in [3.63, 3.8) is 0 Å². The third-order valence-electron chi connectivity index (χ3n) is 5.64. The van der Waals surface area contributed by atoms with Crippen molar-refractivity contribution >= 4 is 35.2 Å². The number of nitrogen functional groups attached to an aromatic ring is 1. The van der Waals surface area contributed by atoms with E-state index in [2.05, 4.69) is 44.6 Å². The zero-order valence-corrected chi connectivity index (χ0v) is 20.9. The molecule has 0 unspecified atom stereocenters. The molecule has 36 heavy (non-hydrogen) atoms. The van der Waals surface area contributed by atoms with Crippen LogP contribution in [0.1, 0.15) is 49.9 Å². The van der Waals surface area contributed by atoms with Crippen molar-refractivity contribution in [1.29, 1.82) is 5.26 Å². The Morgan fingerprint density at radius 3 is 2.75 bits per heavy atom. The van der Waals surface area contributed by atoms with Crippen molar-refractivity contribution in [3.05, 3.63) is 58.8 Å². The van der Waals surface area contributed by atoms with E-state index in [4.69, 9.17) is 10.5 Å². The number of nitrogens with two attached hydrogens (primary N) is 1. The summed E-state index contributed by atoms with van der Waals surface area (Å²) in [6, 6.07) is 11.4. The van der Waals surface area contributed by atoms with Gasteiger partial charge < -0.3 is 26.0 Å². The smallest absolute Gasteiger partial charge is 0.410 e. The Bertz CT molecular complexity index is 1330. The number of carbonyl (C=O) groups is 1. The second kappa shape index (κ2) is 10.1. The number of ether oxygens (including phenoxy) is 1. The van der Waals surface area contributed by atoms with Crippen LogP contribution in [0.4, 0.5) is 33.9 Å². The predicted octanol–water partition coefficient (Wildman–Crippen LogP) is 4.67. The van der Waals surface area contributed by atoms with Crippen molar-refractivity contribution in [3.8, 4) is 6.07 Å². The van der Waals surface area contributed by atoms with Crippen LogP contribution in [-0.2, 0) is 24.1 Å². The molecule has 4 rings (SSSR count). The molecule has 0 aliphatic carbocycles. The number of benzene rings is 1. The monoisotopic (exact) mass is 486 g/mol. The number of nitrogens with one attached hydrogen (secondary N) is 2. The lowest BCUT2D eigenvalue weighted by Gasteiger charge is -2.32. The average Bonchev–Trinajstić information content (AvgIpc) is 2.82. The number of fused-ring (bicyclic) bond motifs is 1. The summed E-state index contributed by atoms with van der Waals surface area (Å²) in [6.07, 6.45) is 2.76. The van der Waals surface area contributed by atoms with Crippen molar-refractivity contribution in [1.82, 2.24) is 19.9 Å². The third-order valence-corrected chi connectivity index (χ3v) is 5.64. The summed E-state index contributed by atoms with van der Waals surface area (Å²) in [5.41, 5.74) is 9.82. The molecule has 10 nitrogen and oxygen atoms in total. The molecule has 2 aromatic heterocycles. The number of rotatable bonds is 5. The van der Waals surface area contributed by atoms with Gasteiger partial charge in [-0.3, -0.25) is 0 Å². The lowest BCUT2D eigenvalue weighted by Crippen LogP contribution is -2.40. The molecular formula is C26H30N8O2. The van der Waals surface area contributed by atoms with Gasteiger partial charge in [-0.15, -0.1) is 0 Å². The van der Waals surface area contributed by atoms with E-state index >= 15 is 0 Å². The number of nitrogens with zero attached hydrogens (tertiary/aromatic N) is 5. The van der Waals surface area contributed by atoms with E-state index in [0.717, 1.165) is 24.1 Å². The van der Waals surface area contributed by atoms with Crippen LogP contribution < -0.4 is 16.4 Å². The molecule has 0 saturated carbocycles. The maximum atomic E-state index is 12.6. The Morgan fingerprint density at radius 2 is 2.06 bits per heavy atom. The van der Waals surface area contributed by atoms with Gasteiger partial charge in [0.05, 0.1) is 6.20 Å². The third kappa shape index (κ3) is 5.81. The average molecular weight is 487 g/mol. The van der Waals surface area contributed by atoms with E-state index < -0.39 is 5.60 Å². The van der Waals surface area contributed by atoms with Crippen LogP contribution in [0.25, 0.3) is 0 Å². The number of aryl methyl sites for hydroxylation is 1. The van der Waals surface area contributed by atoms with Crippen molar-refractivity contribution in [2.24, 2.45) is 0 Å². The first-order valence-corrected chi connectivity index (χ1v) is 11.8. The standard InChI is InChI=1S/C26H30N8O2/c1-5-16-11-19(12-17-15-34(10-9-20(16)17)25(35)36-26(2,3)4)30-24-29-14-18(13-27)23(33-24)32-22-8-6-7-21(28)31-22/h6-8,11-12,14H,5,9-10,15H2,1-4H3,(H4,28,29,30,31,32,33). The molecule has 1 aromatic carbocycles. The number of pyridine rings is 1. The molecule has 0 spiro atoms. The summed E-state index contributed by atoms with van der Waals surface area (Å²) in [5, 5.41) is 15.8. The number of hydrogen-bond donors (Lipinski definition) is 3. The molecular weight excluding hydrogens is 456 g/mol. The maximum Gasteiger partial charge on any atom is 0.410 e. The molecule has 0 radical (unpaired) electrons. The maximum absolute atomic E-state index is 12.6. The minimum atomic E-state index is -0.547. The molecule has 186 valence electrons. The predicted molar refractivity (Wildman–Crippen MR) is 138 cm³/mol. The zero-order chi connectivity index (χ0) is 25.9. The van der Waals surface area contributed by atoms with Crippen LogP contribution in [0.3, 0.4) is 0 Å². The normalized spacial score (nSPS) is 12.9. The minimum absolute atomic E-state index is 0.275. The van der Waals surface area contributed by atoms with Gasteiger partial charge in [-0.2, -0.15) is 10.2 Å². The summed E-state index contributed by atoms with van der Waals surface area (Å²) in [6.45, 7) is 8.79. The number of nitriles is 1. The Hall–Kier alpha value is -4.39. The van der Waals surface area contributed by atoms with Gasteiger partial charge in [-0.25, -0.2) is 14.8 Å². The Kier molecular flexibility index (Phi) is 6.92. The summed E-state index contributed by atoms with van der Waals surface area (Å²) >= 11 is 0. The first-order valence-electron chi connectivity index (χ1n) is 11.8. The van der Waals surface area contributed by atoms with Gasteiger partial charge in [-0.1, -0.05) is 13.0 Å². The minimum Gasteiger partial charge on any atom is -0.444 e. The second-order valence-electron chi connectivity index (χ2n) is 9.54. The highest BCUT2D eigenvalue weighted by atomic mass is 16.6. The van der Waals surface area contributed by atoms with Crippen LogP contribution in [0, 0.1) is 11.3 Å². The largest absolute Gasteiger partial charge is 0.444 e. The molecule has 0 fully saturated rings. The fraction of sp³-hybridized carbons (Fsp3) is 0.346. The van der Waals surface area contributed by atoms with Gasteiger partial charge in [-0.05, 0) is 74.6 Å². The first kappa shape index (κ1) is 24.7. The Morgan fingerprint density at radius 1 is 1.25 bits per heavy atom. The molecule has 3 aromatic rings. The van der Waals surface area contributed by atoms with Gasteiger partial charge in [0.2, 0.25) is 5.95 Å². The molecule has 1 aliphatic heterocycles.